The van der Waals surface area contributed by atoms with Gasteiger partial charge in [-0.2, -0.15) is 0 Å². The number of carbonyl (C=O) groups is 2. The van der Waals surface area contributed by atoms with Gasteiger partial charge in [0.15, 0.2) is 6.29 Å². The summed E-state index contributed by atoms with van der Waals surface area (Å²) < 4.78 is 5.41. The van der Waals surface area contributed by atoms with Crippen LogP contribution < -0.4 is 0 Å². The zero-order valence-corrected chi connectivity index (χ0v) is 6.30. The molecule has 7 nitrogen and oxygen atoms in total. The minimum Gasteiger partial charge on any atom is -0.468 e. The molecule has 0 fully saturated rings. The van der Waals surface area contributed by atoms with E-state index < -0.39 is 5.97 Å². The predicted octanol–water partition coefficient (Wildman–Crippen LogP) is -1.34. The number of aldehydes is 1. The van der Waals surface area contributed by atoms with E-state index in [-0.39, 0.29) is 12.4 Å². The van der Waals surface area contributed by atoms with Crippen molar-refractivity contribution in [3.8, 4) is 0 Å². The quantitative estimate of drug-likeness (QED) is 0.412. The second kappa shape index (κ2) is 3.56. The second-order valence-electron chi connectivity index (χ2n) is 1.89. The van der Waals surface area contributed by atoms with Crippen LogP contribution in [0.25, 0.3) is 0 Å². The molecular weight excluding hydrogens is 164 g/mol. The van der Waals surface area contributed by atoms with Crippen LogP contribution in [0.1, 0.15) is 10.6 Å². The lowest BCUT2D eigenvalue weighted by Crippen LogP contribution is -2.15. The number of carbonyl (C=O) groups excluding carboxylic acids is 2. The summed E-state index contributed by atoms with van der Waals surface area (Å²) >= 11 is 0. The van der Waals surface area contributed by atoms with Crippen molar-refractivity contribution in [2.45, 2.75) is 6.54 Å². The highest BCUT2D eigenvalue weighted by Gasteiger charge is 2.08. The molecule has 0 aliphatic heterocycles. The molecule has 0 radical (unpaired) electrons. The van der Waals surface area contributed by atoms with Crippen LogP contribution in [0.2, 0.25) is 0 Å². The average Bonchev–Trinajstić information content (AvgIpc) is 2.51. The van der Waals surface area contributed by atoms with Crippen LogP contribution in [0.15, 0.2) is 0 Å². The molecule has 1 aromatic heterocycles. The molecule has 0 amide bonds. The zero-order chi connectivity index (χ0) is 8.97. The Labute approximate surface area is 67.3 Å². The highest BCUT2D eigenvalue weighted by atomic mass is 16.5. The van der Waals surface area contributed by atoms with Crippen molar-refractivity contribution in [3.05, 3.63) is 5.82 Å². The standard InChI is InChI=1S/C5H6N4O3/c1-12-5(11)2-9-4(3-10)6-7-8-9/h3H,2H2,1H3. The van der Waals surface area contributed by atoms with Gasteiger partial charge in [0.1, 0.15) is 6.54 Å². The van der Waals surface area contributed by atoms with Gasteiger partial charge in [-0.25, -0.2) is 4.68 Å². The van der Waals surface area contributed by atoms with Gasteiger partial charge < -0.3 is 4.74 Å². The van der Waals surface area contributed by atoms with E-state index in [0.29, 0.717) is 6.29 Å². The highest BCUT2D eigenvalue weighted by Crippen LogP contribution is 1.88. The molecule has 0 unspecified atom stereocenters. The van der Waals surface area contributed by atoms with E-state index in [0.717, 1.165) is 4.68 Å². The Hall–Kier alpha value is -1.79. The van der Waals surface area contributed by atoms with Crippen molar-refractivity contribution in [1.29, 1.82) is 0 Å². The van der Waals surface area contributed by atoms with Crippen LogP contribution >= 0.6 is 0 Å². The highest BCUT2D eigenvalue weighted by molar-refractivity contribution is 5.72. The van der Waals surface area contributed by atoms with Gasteiger partial charge in [-0.05, 0) is 10.4 Å². The minimum absolute atomic E-state index is 0.000370. The summed E-state index contributed by atoms with van der Waals surface area (Å²) in [6, 6.07) is 0. The maximum Gasteiger partial charge on any atom is 0.327 e. The molecule has 64 valence electrons. The first-order valence-corrected chi connectivity index (χ1v) is 3.06. The van der Waals surface area contributed by atoms with Gasteiger partial charge >= 0.3 is 5.97 Å². The number of hydrogen-bond donors (Lipinski definition) is 0. The lowest BCUT2D eigenvalue weighted by molar-refractivity contribution is -0.141. The first kappa shape index (κ1) is 8.31. The van der Waals surface area contributed by atoms with E-state index in [1.807, 2.05) is 0 Å². The number of hydrogen-bond acceptors (Lipinski definition) is 6. The zero-order valence-electron chi connectivity index (χ0n) is 6.30. The molecule has 7 heteroatoms. The summed E-state index contributed by atoms with van der Waals surface area (Å²) in [5.41, 5.74) is 0. The van der Waals surface area contributed by atoms with Crippen LogP contribution in [0.5, 0.6) is 0 Å². The van der Waals surface area contributed by atoms with Crippen LogP contribution in [-0.2, 0) is 16.1 Å². The number of esters is 1. The molecule has 0 N–H and O–H groups in total. The van der Waals surface area contributed by atoms with Crippen LogP contribution in [0, 0.1) is 0 Å². The maximum atomic E-state index is 10.7. The lowest BCUT2D eigenvalue weighted by Gasteiger charge is -1.97. The van der Waals surface area contributed by atoms with Crippen molar-refractivity contribution in [3.63, 3.8) is 0 Å². The Kier molecular flexibility index (Phi) is 2.46. The van der Waals surface area contributed by atoms with Crippen molar-refractivity contribution in [1.82, 2.24) is 20.2 Å². The normalized spacial score (nSPS) is 9.42. The molecule has 12 heavy (non-hydrogen) atoms. The van der Waals surface area contributed by atoms with E-state index in [1.54, 1.807) is 0 Å². The van der Waals surface area contributed by atoms with Gasteiger partial charge in [-0.3, -0.25) is 9.59 Å². The summed E-state index contributed by atoms with van der Waals surface area (Å²) in [7, 11) is 1.24. The average molecular weight is 170 g/mol. The molecule has 0 aliphatic carbocycles. The number of rotatable bonds is 3. The smallest absolute Gasteiger partial charge is 0.327 e. The predicted molar refractivity (Wildman–Crippen MR) is 35.2 cm³/mol. The molecule has 1 rings (SSSR count). The fourth-order valence-corrected chi connectivity index (χ4v) is 0.595. The van der Waals surface area contributed by atoms with Crippen molar-refractivity contribution >= 4 is 12.3 Å². The minimum atomic E-state index is -0.509. The Morgan fingerprint density at radius 3 is 3.08 bits per heavy atom. The third-order valence-corrected chi connectivity index (χ3v) is 1.17. The fourth-order valence-electron chi connectivity index (χ4n) is 0.595. The van der Waals surface area contributed by atoms with E-state index in [4.69, 9.17) is 0 Å². The Bertz CT molecular complexity index is 295. The molecule has 1 heterocycles. The maximum absolute atomic E-state index is 10.7. The Balaban J connectivity index is 2.74. The molecule has 0 saturated carbocycles. The van der Waals surface area contributed by atoms with Gasteiger partial charge in [0.25, 0.3) is 0 Å². The third-order valence-electron chi connectivity index (χ3n) is 1.17. The summed E-state index contributed by atoms with van der Waals surface area (Å²) in [5, 5.41) is 9.95. The van der Waals surface area contributed by atoms with Crippen LogP contribution in [-0.4, -0.2) is 39.6 Å². The summed E-state index contributed by atoms with van der Waals surface area (Å²) in [4.78, 5) is 20.9. The number of tetrazole rings is 1. The van der Waals surface area contributed by atoms with E-state index >= 15 is 0 Å². The van der Waals surface area contributed by atoms with Gasteiger partial charge in [0.05, 0.1) is 7.11 Å². The van der Waals surface area contributed by atoms with E-state index in [2.05, 4.69) is 20.3 Å². The molecular formula is C5H6N4O3. The molecule has 0 aliphatic rings. The first-order chi connectivity index (χ1) is 5.77. The SMILES string of the molecule is COC(=O)Cn1nnnc1C=O. The number of aromatic nitrogens is 4. The first-order valence-electron chi connectivity index (χ1n) is 3.06. The number of methoxy groups -OCH3 is 1. The van der Waals surface area contributed by atoms with Crippen LogP contribution in [0.3, 0.4) is 0 Å². The molecule has 0 saturated heterocycles. The van der Waals surface area contributed by atoms with Gasteiger partial charge in [-0.15, -0.1) is 5.10 Å². The molecule has 0 spiro atoms. The monoisotopic (exact) mass is 170 g/mol. The number of ether oxygens (including phenoxy) is 1. The lowest BCUT2D eigenvalue weighted by atomic mass is 10.6. The Morgan fingerprint density at radius 2 is 2.50 bits per heavy atom. The summed E-state index contributed by atoms with van der Waals surface area (Å²) in [6.07, 6.45) is 0.461. The topological polar surface area (TPSA) is 87.0 Å². The van der Waals surface area contributed by atoms with Gasteiger partial charge in [-0.1, -0.05) is 0 Å². The van der Waals surface area contributed by atoms with Gasteiger partial charge in [0.2, 0.25) is 5.82 Å². The number of nitrogens with zero attached hydrogens (tertiary/aromatic N) is 4. The van der Waals surface area contributed by atoms with Crippen molar-refractivity contribution < 1.29 is 14.3 Å². The van der Waals surface area contributed by atoms with Crippen LogP contribution in [0.4, 0.5) is 0 Å². The summed E-state index contributed by atoms with van der Waals surface area (Å²) in [5.74, 6) is -0.509. The fraction of sp³-hybridized carbons (Fsp3) is 0.400. The molecule has 0 atom stereocenters. The molecule has 1 aromatic rings. The van der Waals surface area contributed by atoms with E-state index in [9.17, 15) is 9.59 Å². The molecule has 0 bridgehead atoms. The van der Waals surface area contributed by atoms with Crippen molar-refractivity contribution in [2.75, 3.05) is 7.11 Å². The third kappa shape index (κ3) is 1.62. The van der Waals surface area contributed by atoms with E-state index in [1.165, 1.54) is 7.11 Å². The van der Waals surface area contributed by atoms with Crippen molar-refractivity contribution in [2.24, 2.45) is 0 Å². The van der Waals surface area contributed by atoms with Gasteiger partial charge in [0, 0.05) is 0 Å². The molecule has 0 aromatic carbocycles. The largest absolute Gasteiger partial charge is 0.468 e. The Morgan fingerprint density at radius 1 is 1.75 bits per heavy atom. The summed E-state index contributed by atoms with van der Waals surface area (Å²) in [6.45, 7) is -0.155. The second-order valence-corrected chi connectivity index (χ2v) is 1.89.